The van der Waals surface area contributed by atoms with Gasteiger partial charge in [-0.1, -0.05) is 17.7 Å². The maximum absolute atomic E-state index is 10.3. The van der Waals surface area contributed by atoms with Gasteiger partial charge < -0.3 is 9.52 Å². The van der Waals surface area contributed by atoms with Gasteiger partial charge in [0.2, 0.25) is 5.89 Å². The van der Waals surface area contributed by atoms with Crippen LogP contribution in [0.2, 0.25) is 5.02 Å². The second-order valence-corrected chi connectivity index (χ2v) is 3.22. The van der Waals surface area contributed by atoms with Crippen LogP contribution < -0.4 is 0 Å². The third kappa shape index (κ3) is 1.99. The summed E-state index contributed by atoms with van der Waals surface area (Å²) in [6.45, 7) is 0. The van der Waals surface area contributed by atoms with Crippen LogP contribution in [0, 0.1) is 0 Å². The summed E-state index contributed by atoms with van der Waals surface area (Å²) in [5.74, 6) is -0.830. The lowest BCUT2D eigenvalue weighted by atomic mass is 10.3. The topological polar surface area (TPSA) is 63.3 Å². The first-order chi connectivity index (χ1) is 7.16. The molecule has 0 saturated heterocycles. The zero-order valence-electron chi connectivity index (χ0n) is 7.48. The number of carbonyl (C=O) groups is 1. The lowest BCUT2D eigenvalue weighted by Crippen LogP contribution is -1.85. The van der Waals surface area contributed by atoms with Gasteiger partial charge in [0.15, 0.2) is 5.58 Å². The molecular weight excluding hydrogens is 218 g/mol. The molecule has 0 aliphatic carbocycles. The number of aromatic nitrogens is 1. The molecule has 1 aromatic carbocycles. The number of para-hydroxylation sites is 1. The lowest BCUT2D eigenvalue weighted by molar-refractivity contribution is -0.131. The molecule has 0 saturated carbocycles. The highest BCUT2D eigenvalue weighted by atomic mass is 35.5. The van der Waals surface area contributed by atoms with E-state index in [1.807, 2.05) is 0 Å². The molecule has 4 nitrogen and oxygen atoms in total. The van der Waals surface area contributed by atoms with E-state index in [2.05, 4.69) is 4.98 Å². The first-order valence-electron chi connectivity index (χ1n) is 4.13. The van der Waals surface area contributed by atoms with Crippen molar-refractivity contribution >= 4 is 34.7 Å². The van der Waals surface area contributed by atoms with Gasteiger partial charge in [-0.15, -0.1) is 0 Å². The number of benzene rings is 1. The van der Waals surface area contributed by atoms with E-state index in [1.54, 1.807) is 18.2 Å². The fourth-order valence-corrected chi connectivity index (χ4v) is 1.35. The Morgan fingerprint density at radius 2 is 2.33 bits per heavy atom. The van der Waals surface area contributed by atoms with Gasteiger partial charge in [-0.2, -0.15) is 0 Å². The first-order valence-corrected chi connectivity index (χ1v) is 4.50. The average molecular weight is 224 g/mol. The number of rotatable bonds is 2. The number of halogens is 1. The highest BCUT2D eigenvalue weighted by Gasteiger charge is 2.06. The highest BCUT2D eigenvalue weighted by Crippen LogP contribution is 2.24. The van der Waals surface area contributed by atoms with E-state index in [4.69, 9.17) is 21.1 Å². The number of fused-ring (bicyclic) bond motifs is 1. The predicted octanol–water partition coefficient (Wildman–Crippen LogP) is 2.58. The normalized spacial score (nSPS) is 11.3. The Balaban J connectivity index is 2.48. The average Bonchev–Trinajstić information content (AvgIpc) is 2.59. The molecule has 0 amide bonds. The molecule has 1 aromatic heterocycles. The second-order valence-electron chi connectivity index (χ2n) is 2.81. The van der Waals surface area contributed by atoms with E-state index in [-0.39, 0.29) is 5.89 Å². The van der Waals surface area contributed by atoms with Crippen molar-refractivity contribution in [1.82, 2.24) is 4.98 Å². The summed E-state index contributed by atoms with van der Waals surface area (Å²) in [7, 11) is 0. The van der Waals surface area contributed by atoms with Crippen LogP contribution in [-0.2, 0) is 4.79 Å². The van der Waals surface area contributed by atoms with Crippen molar-refractivity contribution in [3.63, 3.8) is 0 Å². The summed E-state index contributed by atoms with van der Waals surface area (Å²) in [5.41, 5.74) is 1.07. The van der Waals surface area contributed by atoms with Crippen molar-refractivity contribution < 1.29 is 14.3 Å². The molecule has 1 N–H and O–H groups in total. The number of aliphatic carboxylic acids is 1. The third-order valence-electron chi connectivity index (χ3n) is 1.75. The van der Waals surface area contributed by atoms with Crippen LogP contribution in [0.4, 0.5) is 0 Å². The Morgan fingerprint density at radius 1 is 1.53 bits per heavy atom. The Morgan fingerprint density at radius 3 is 3.00 bits per heavy atom. The maximum Gasteiger partial charge on any atom is 0.328 e. The zero-order chi connectivity index (χ0) is 10.8. The van der Waals surface area contributed by atoms with Gasteiger partial charge in [-0.3, -0.25) is 0 Å². The largest absolute Gasteiger partial charge is 0.478 e. The minimum absolute atomic E-state index is 0.223. The first kappa shape index (κ1) is 9.73. The van der Waals surface area contributed by atoms with E-state index >= 15 is 0 Å². The molecule has 0 atom stereocenters. The Labute approximate surface area is 89.8 Å². The van der Waals surface area contributed by atoms with Crippen LogP contribution in [0.25, 0.3) is 17.2 Å². The van der Waals surface area contributed by atoms with Crippen molar-refractivity contribution in [2.24, 2.45) is 0 Å². The van der Waals surface area contributed by atoms with Crippen molar-refractivity contribution in [2.75, 3.05) is 0 Å². The Hall–Kier alpha value is -1.81. The van der Waals surface area contributed by atoms with E-state index in [1.165, 1.54) is 6.08 Å². The SMILES string of the molecule is O=C(O)/C=C/c1nc2cccc(Cl)c2o1. The van der Waals surface area contributed by atoms with E-state index in [0.717, 1.165) is 6.08 Å². The van der Waals surface area contributed by atoms with E-state index < -0.39 is 5.97 Å². The molecule has 0 radical (unpaired) electrons. The van der Waals surface area contributed by atoms with Gasteiger partial charge in [0, 0.05) is 12.2 Å². The van der Waals surface area contributed by atoms with Crippen LogP contribution >= 0.6 is 11.6 Å². The summed E-state index contributed by atoms with van der Waals surface area (Å²) in [4.78, 5) is 14.3. The molecular formula is C10H6ClNO3. The number of nitrogens with zero attached hydrogens (tertiary/aromatic N) is 1. The zero-order valence-corrected chi connectivity index (χ0v) is 8.23. The Bertz CT molecular complexity index is 545. The van der Waals surface area contributed by atoms with Crippen LogP contribution in [-0.4, -0.2) is 16.1 Å². The van der Waals surface area contributed by atoms with Crippen LogP contribution in [0.5, 0.6) is 0 Å². The van der Waals surface area contributed by atoms with Gasteiger partial charge in [0.05, 0.1) is 5.02 Å². The van der Waals surface area contributed by atoms with Crippen molar-refractivity contribution in [3.05, 3.63) is 35.2 Å². The number of oxazole rings is 1. The van der Waals surface area contributed by atoms with Crippen molar-refractivity contribution in [2.45, 2.75) is 0 Å². The molecule has 2 rings (SSSR count). The molecule has 0 unspecified atom stereocenters. The summed E-state index contributed by atoms with van der Waals surface area (Å²) in [5, 5.41) is 8.88. The monoisotopic (exact) mass is 223 g/mol. The molecule has 76 valence electrons. The molecule has 0 bridgehead atoms. The molecule has 0 spiro atoms. The second kappa shape index (κ2) is 3.74. The molecule has 2 aromatic rings. The van der Waals surface area contributed by atoms with Crippen LogP contribution in [0.15, 0.2) is 28.7 Å². The number of carboxylic acids is 1. The maximum atomic E-state index is 10.3. The highest BCUT2D eigenvalue weighted by molar-refractivity contribution is 6.34. The molecule has 0 aliphatic rings. The summed E-state index contributed by atoms with van der Waals surface area (Å²) in [6, 6.07) is 5.17. The Kier molecular flexibility index (Phi) is 2.43. The van der Waals surface area contributed by atoms with Gasteiger partial charge >= 0.3 is 5.97 Å². The van der Waals surface area contributed by atoms with E-state index in [0.29, 0.717) is 16.1 Å². The number of carboxylic acid groups (broad SMARTS) is 1. The van der Waals surface area contributed by atoms with Gasteiger partial charge in [0.1, 0.15) is 5.52 Å². The summed E-state index contributed by atoms with van der Waals surface area (Å²) >= 11 is 5.86. The summed E-state index contributed by atoms with van der Waals surface area (Å²) in [6.07, 6.45) is 2.23. The standard InChI is InChI=1S/C10H6ClNO3/c11-6-2-1-3-7-10(6)15-8(12-7)4-5-9(13)14/h1-5H,(H,13,14)/b5-4+. The third-order valence-corrected chi connectivity index (χ3v) is 2.05. The molecule has 0 fully saturated rings. The molecule has 0 aliphatic heterocycles. The van der Waals surface area contributed by atoms with Gasteiger partial charge in [0.25, 0.3) is 0 Å². The van der Waals surface area contributed by atoms with Crippen LogP contribution in [0.1, 0.15) is 5.89 Å². The molecule has 5 heteroatoms. The number of hydrogen-bond donors (Lipinski definition) is 1. The fraction of sp³-hybridized carbons (Fsp3) is 0. The predicted molar refractivity (Wildman–Crippen MR) is 55.7 cm³/mol. The quantitative estimate of drug-likeness (QED) is 0.795. The number of hydrogen-bond acceptors (Lipinski definition) is 3. The smallest absolute Gasteiger partial charge is 0.328 e. The van der Waals surface area contributed by atoms with Crippen molar-refractivity contribution in [1.29, 1.82) is 0 Å². The van der Waals surface area contributed by atoms with E-state index in [9.17, 15) is 4.79 Å². The van der Waals surface area contributed by atoms with Crippen LogP contribution in [0.3, 0.4) is 0 Å². The minimum atomic E-state index is -1.05. The van der Waals surface area contributed by atoms with Gasteiger partial charge in [-0.25, -0.2) is 9.78 Å². The van der Waals surface area contributed by atoms with Gasteiger partial charge in [-0.05, 0) is 12.1 Å². The van der Waals surface area contributed by atoms with Crippen molar-refractivity contribution in [3.8, 4) is 0 Å². The minimum Gasteiger partial charge on any atom is -0.478 e. The molecule has 1 heterocycles. The fourth-order valence-electron chi connectivity index (χ4n) is 1.15. The lowest BCUT2D eigenvalue weighted by Gasteiger charge is -1.87. The molecule has 15 heavy (non-hydrogen) atoms. The summed E-state index contributed by atoms with van der Waals surface area (Å²) < 4.78 is 5.26.